The zero-order valence-electron chi connectivity index (χ0n) is 9.87. The maximum Gasteiger partial charge on any atom is 0.265 e. The summed E-state index contributed by atoms with van der Waals surface area (Å²) in [5, 5.41) is 2.00. The molecule has 0 saturated carbocycles. The summed E-state index contributed by atoms with van der Waals surface area (Å²) in [5.41, 5.74) is 1.82. The first kappa shape index (κ1) is 12.5. The summed E-state index contributed by atoms with van der Waals surface area (Å²) in [6, 6.07) is 2.02. The Hall–Kier alpha value is -0.940. The van der Waals surface area contributed by atoms with Crippen LogP contribution in [0.5, 0.6) is 0 Å². The molecule has 0 aliphatic carbocycles. The van der Waals surface area contributed by atoms with Gasteiger partial charge in [0.2, 0.25) is 0 Å². The molecule has 0 bridgehead atoms. The average Bonchev–Trinajstić information content (AvgIpc) is 2.68. The zero-order chi connectivity index (χ0) is 12.6. The van der Waals surface area contributed by atoms with E-state index in [1.165, 1.54) is 0 Å². The average molecular weight is 313 g/mol. The Morgan fingerprint density at radius 2 is 2.18 bits per heavy atom. The number of aryl methyl sites for hydroxylation is 1. The molecule has 2 aromatic rings. The number of nitrogens with one attached hydrogen (secondary N) is 1. The lowest BCUT2D eigenvalue weighted by atomic mass is 10.1. The first-order chi connectivity index (χ1) is 8.00. The molecule has 0 atom stereocenters. The molecular formula is C12H13BrN2OS. The second-order valence-electron chi connectivity index (χ2n) is 4.20. The van der Waals surface area contributed by atoms with E-state index in [-0.39, 0.29) is 11.5 Å². The third-order valence-electron chi connectivity index (χ3n) is 2.51. The van der Waals surface area contributed by atoms with Crippen LogP contribution in [0.4, 0.5) is 0 Å². The maximum atomic E-state index is 11.8. The van der Waals surface area contributed by atoms with E-state index in [1.807, 2.05) is 32.2 Å². The molecule has 90 valence electrons. The van der Waals surface area contributed by atoms with Gasteiger partial charge in [-0.05, 0) is 45.8 Å². The van der Waals surface area contributed by atoms with Crippen molar-refractivity contribution < 1.29 is 0 Å². The number of halogens is 1. The standard InChI is InChI=1S/C12H13BrN2OS/c1-6(2)9-8(13)12(16)15-11(14-9)10-7(3)4-5-17-10/h4-6H,1-3H3,(H,14,15,16). The first-order valence-electron chi connectivity index (χ1n) is 5.35. The van der Waals surface area contributed by atoms with Crippen molar-refractivity contribution in [2.24, 2.45) is 0 Å². The normalized spacial score (nSPS) is 11.1. The molecule has 2 aromatic heterocycles. The summed E-state index contributed by atoms with van der Waals surface area (Å²) in [4.78, 5) is 20.2. The van der Waals surface area contributed by atoms with Crippen LogP contribution in [0.2, 0.25) is 0 Å². The van der Waals surface area contributed by atoms with Gasteiger partial charge in [0.1, 0.15) is 4.47 Å². The summed E-state index contributed by atoms with van der Waals surface area (Å²) in [6.07, 6.45) is 0. The number of thiophene rings is 1. The zero-order valence-corrected chi connectivity index (χ0v) is 12.3. The fraction of sp³-hybridized carbons (Fsp3) is 0.333. The van der Waals surface area contributed by atoms with Crippen LogP contribution in [-0.4, -0.2) is 9.97 Å². The molecule has 0 aromatic carbocycles. The van der Waals surface area contributed by atoms with E-state index in [0.717, 1.165) is 16.1 Å². The number of aromatic amines is 1. The van der Waals surface area contributed by atoms with Gasteiger partial charge >= 0.3 is 0 Å². The number of aromatic nitrogens is 2. The summed E-state index contributed by atoms with van der Waals surface area (Å²) < 4.78 is 0.533. The quantitative estimate of drug-likeness (QED) is 0.919. The fourth-order valence-corrected chi connectivity index (χ4v) is 3.10. The highest BCUT2D eigenvalue weighted by atomic mass is 79.9. The molecule has 17 heavy (non-hydrogen) atoms. The lowest BCUT2D eigenvalue weighted by Crippen LogP contribution is -2.14. The molecule has 3 nitrogen and oxygen atoms in total. The number of hydrogen-bond acceptors (Lipinski definition) is 3. The van der Waals surface area contributed by atoms with Crippen molar-refractivity contribution in [3.63, 3.8) is 0 Å². The second-order valence-corrected chi connectivity index (χ2v) is 5.91. The van der Waals surface area contributed by atoms with Crippen LogP contribution in [0.1, 0.15) is 31.0 Å². The Morgan fingerprint density at radius 1 is 1.47 bits per heavy atom. The molecule has 2 rings (SSSR count). The Kier molecular flexibility index (Phi) is 3.49. The van der Waals surface area contributed by atoms with Gasteiger partial charge in [0, 0.05) is 0 Å². The van der Waals surface area contributed by atoms with Gasteiger partial charge in [-0.1, -0.05) is 13.8 Å². The number of nitrogens with zero attached hydrogens (tertiary/aromatic N) is 1. The number of hydrogen-bond donors (Lipinski definition) is 1. The van der Waals surface area contributed by atoms with Gasteiger partial charge in [-0.25, -0.2) is 4.98 Å². The van der Waals surface area contributed by atoms with E-state index in [0.29, 0.717) is 10.3 Å². The van der Waals surface area contributed by atoms with Crippen molar-refractivity contribution in [3.05, 3.63) is 37.5 Å². The van der Waals surface area contributed by atoms with Gasteiger partial charge in [0.15, 0.2) is 5.82 Å². The molecule has 0 unspecified atom stereocenters. The van der Waals surface area contributed by atoms with Gasteiger partial charge in [-0.3, -0.25) is 4.79 Å². The van der Waals surface area contributed by atoms with Crippen molar-refractivity contribution in [1.82, 2.24) is 9.97 Å². The van der Waals surface area contributed by atoms with Crippen LogP contribution in [0, 0.1) is 6.92 Å². The number of H-pyrrole nitrogens is 1. The number of rotatable bonds is 2. The first-order valence-corrected chi connectivity index (χ1v) is 7.02. The van der Waals surface area contributed by atoms with Crippen LogP contribution >= 0.6 is 27.3 Å². The van der Waals surface area contributed by atoms with Gasteiger partial charge < -0.3 is 4.98 Å². The van der Waals surface area contributed by atoms with Crippen molar-refractivity contribution in [2.45, 2.75) is 26.7 Å². The van der Waals surface area contributed by atoms with Crippen LogP contribution < -0.4 is 5.56 Å². The van der Waals surface area contributed by atoms with Gasteiger partial charge in [-0.15, -0.1) is 11.3 Å². The van der Waals surface area contributed by atoms with Crippen LogP contribution in [-0.2, 0) is 0 Å². The predicted octanol–water partition coefficient (Wildman–Crippen LogP) is 3.69. The minimum absolute atomic E-state index is 0.119. The molecule has 0 radical (unpaired) electrons. The molecule has 0 amide bonds. The minimum atomic E-state index is -0.119. The summed E-state index contributed by atoms with van der Waals surface area (Å²) >= 11 is 4.88. The molecule has 0 aliphatic rings. The van der Waals surface area contributed by atoms with E-state index in [9.17, 15) is 4.79 Å². The van der Waals surface area contributed by atoms with Gasteiger partial charge in [0.05, 0.1) is 10.6 Å². The molecule has 0 saturated heterocycles. The van der Waals surface area contributed by atoms with E-state index >= 15 is 0 Å². The van der Waals surface area contributed by atoms with Crippen LogP contribution in [0.25, 0.3) is 10.7 Å². The highest BCUT2D eigenvalue weighted by molar-refractivity contribution is 9.10. The Bertz CT molecular complexity index is 601. The Balaban J connectivity index is 2.66. The maximum absolute atomic E-state index is 11.8. The van der Waals surface area contributed by atoms with Crippen molar-refractivity contribution >= 4 is 27.3 Å². The van der Waals surface area contributed by atoms with E-state index in [2.05, 4.69) is 25.9 Å². The van der Waals surface area contributed by atoms with Crippen molar-refractivity contribution in [1.29, 1.82) is 0 Å². The SMILES string of the molecule is Cc1ccsc1-c1nc(C(C)C)c(Br)c(=O)[nH]1. The van der Waals surface area contributed by atoms with Crippen molar-refractivity contribution in [2.75, 3.05) is 0 Å². The Labute approximate surface area is 112 Å². The fourth-order valence-electron chi connectivity index (χ4n) is 1.58. The highest BCUT2D eigenvalue weighted by Gasteiger charge is 2.14. The second kappa shape index (κ2) is 4.74. The lowest BCUT2D eigenvalue weighted by molar-refractivity contribution is 0.804. The summed E-state index contributed by atoms with van der Waals surface area (Å²) in [7, 11) is 0. The lowest BCUT2D eigenvalue weighted by Gasteiger charge is -2.08. The smallest absolute Gasteiger partial charge is 0.265 e. The molecule has 0 fully saturated rings. The molecule has 1 N–H and O–H groups in total. The summed E-state index contributed by atoms with van der Waals surface area (Å²) in [6.45, 7) is 6.07. The monoisotopic (exact) mass is 312 g/mol. The molecule has 0 aliphatic heterocycles. The topological polar surface area (TPSA) is 45.8 Å². The van der Waals surface area contributed by atoms with Gasteiger partial charge in [0.25, 0.3) is 5.56 Å². The minimum Gasteiger partial charge on any atom is -0.305 e. The van der Waals surface area contributed by atoms with E-state index in [1.54, 1.807) is 11.3 Å². The van der Waals surface area contributed by atoms with E-state index < -0.39 is 0 Å². The van der Waals surface area contributed by atoms with Crippen molar-refractivity contribution in [3.8, 4) is 10.7 Å². The van der Waals surface area contributed by atoms with Crippen LogP contribution in [0.15, 0.2) is 20.7 Å². The molecule has 5 heteroatoms. The predicted molar refractivity (Wildman–Crippen MR) is 74.7 cm³/mol. The third kappa shape index (κ3) is 2.35. The molecule has 2 heterocycles. The summed E-state index contributed by atoms with van der Waals surface area (Å²) in [5.74, 6) is 0.875. The third-order valence-corrected chi connectivity index (χ3v) is 4.30. The van der Waals surface area contributed by atoms with Gasteiger partial charge in [-0.2, -0.15) is 0 Å². The van der Waals surface area contributed by atoms with E-state index in [4.69, 9.17) is 0 Å². The molecular weight excluding hydrogens is 300 g/mol. The largest absolute Gasteiger partial charge is 0.305 e. The Morgan fingerprint density at radius 3 is 2.71 bits per heavy atom. The highest BCUT2D eigenvalue weighted by Crippen LogP contribution is 2.28. The molecule has 0 spiro atoms. The van der Waals surface area contributed by atoms with Crippen LogP contribution in [0.3, 0.4) is 0 Å².